The molecule has 6 nitrogen and oxygen atoms in total. The third kappa shape index (κ3) is 4.56. The molecule has 1 atom stereocenters. The molecule has 0 bridgehead atoms. The van der Waals surface area contributed by atoms with Gasteiger partial charge in [0, 0.05) is 30.9 Å². The SMILES string of the molecule is CCC(=O)Nc1cccc(NC(=O)[C@@H]2CCCN(c3nc4ccccc4s3)C2)c1. The number of fused-ring (bicyclic) bond motifs is 1. The molecule has 2 N–H and O–H groups in total. The molecule has 2 amide bonds. The third-order valence-electron chi connectivity index (χ3n) is 5.08. The maximum atomic E-state index is 12.9. The highest BCUT2D eigenvalue weighted by Crippen LogP contribution is 2.31. The maximum absolute atomic E-state index is 12.9. The molecule has 2 heterocycles. The first-order chi connectivity index (χ1) is 14.1. The minimum Gasteiger partial charge on any atom is -0.347 e. The van der Waals surface area contributed by atoms with Gasteiger partial charge in [0.15, 0.2) is 5.13 Å². The fourth-order valence-corrected chi connectivity index (χ4v) is 4.53. The number of anilines is 3. The van der Waals surface area contributed by atoms with Gasteiger partial charge in [0.1, 0.15) is 0 Å². The summed E-state index contributed by atoms with van der Waals surface area (Å²) in [6.07, 6.45) is 2.24. The molecule has 2 aromatic carbocycles. The van der Waals surface area contributed by atoms with Crippen molar-refractivity contribution in [3.05, 3.63) is 48.5 Å². The summed E-state index contributed by atoms with van der Waals surface area (Å²) in [6.45, 7) is 3.39. The van der Waals surface area contributed by atoms with E-state index in [0.29, 0.717) is 24.3 Å². The number of aromatic nitrogens is 1. The molecule has 1 aliphatic rings. The summed E-state index contributed by atoms with van der Waals surface area (Å²) >= 11 is 1.67. The number of hydrogen-bond donors (Lipinski definition) is 2. The van der Waals surface area contributed by atoms with Gasteiger partial charge in [0.2, 0.25) is 11.8 Å². The Hall–Kier alpha value is -2.93. The van der Waals surface area contributed by atoms with Gasteiger partial charge in [-0.15, -0.1) is 0 Å². The average Bonchev–Trinajstić information content (AvgIpc) is 3.18. The number of para-hydroxylation sites is 1. The van der Waals surface area contributed by atoms with Gasteiger partial charge in [-0.3, -0.25) is 9.59 Å². The van der Waals surface area contributed by atoms with Crippen LogP contribution in [0.2, 0.25) is 0 Å². The van der Waals surface area contributed by atoms with Crippen LogP contribution >= 0.6 is 11.3 Å². The zero-order valence-corrected chi connectivity index (χ0v) is 17.2. The van der Waals surface area contributed by atoms with E-state index in [-0.39, 0.29) is 17.7 Å². The summed E-state index contributed by atoms with van der Waals surface area (Å²) in [5, 5.41) is 6.81. The Bertz CT molecular complexity index is 999. The monoisotopic (exact) mass is 408 g/mol. The Morgan fingerprint density at radius 2 is 1.93 bits per heavy atom. The second-order valence-corrected chi connectivity index (χ2v) is 8.23. The van der Waals surface area contributed by atoms with Crippen molar-refractivity contribution < 1.29 is 9.59 Å². The summed E-state index contributed by atoms with van der Waals surface area (Å²) < 4.78 is 1.17. The molecule has 1 aromatic heterocycles. The van der Waals surface area contributed by atoms with Gasteiger partial charge in [-0.1, -0.05) is 36.5 Å². The lowest BCUT2D eigenvalue weighted by atomic mass is 9.97. The van der Waals surface area contributed by atoms with Crippen LogP contribution in [0, 0.1) is 5.92 Å². The van der Waals surface area contributed by atoms with Crippen molar-refractivity contribution in [2.45, 2.75) is 26.2 Å². The molecule has 0 unspecified atom stereocenters. The number of nitrogens with zero attached hydrogens (tertiary/aromatic N) is 2. The van der Waals surface area contributed by atoms with Gasteiger partial charge in [-0.2, -0.15) is 0 Å². The normalized spacial score (nSPS) is 16.6. The van der Waals surface area contributed by atoms with Crippen molar-refractivity contribution in [3.8, 4) is 0 Å². The predicted molar refractivity (Wildman–Crippen MR) is 119 cm³/mol. The number of carbonyl (C=O) groups is 2. The van der Waals surface area contributed by atoms with Crippen molar-refractivity contribution in [1.29, 1.82) is 0 Å². The molecule has 29 heavy (non-hydrogen) atoms. The minimum absolute atomic E-state index is 0.00905. The van der Waals surface area contributed by atoms with Crippen LogP contribution in [-0.4, -0.2) is 29.9 Å². The van der Waals surface area contributed by atoms with E-state index in [1.807, 2.05) is 36.4 Å². The summed E-state index contributed by atoms with van der Waals surface area (Å²) in [6, 6.07) is 15.4. The summed E-state index contributed by atoms with van der Waals surface area (Å²) in [5.74, 6) is -0.133. The van der Waals surface area contributed by atoms with E-state index in [0.717, 1.165) is 30.0 Å². The number of amides is 2. The Labute approximate surface area is 173 Å². The predicted octanol–water partition coefficient (Wildman–Crippen LogP) is 4.50. The zero-order valence-electron chi connectivity index (χ0n) is 16.4. The molecule has 1 fully saturated rings. The molecule has 0 spiro atoms. The van der Waals surface area contributed by atoms with Crippen LogP contribution < -0.4 is 15.5 Å². The Kier molecular flexibility index (Phi) is 5.76. The van der Waals surface area contributed by atoms with Gasteiger partial charge < -0.3 is 15.5 Å². The summed E-state index contributed by atoms with van der Waals surface area (Å²) in [4.78, 5) is 31.4. The van der Waals surface area contributed by atoms with Gasteiger partial charge in [0.25, 0.3) is 0 Å². The highest BCUT2D eigenvalue weighted by molar-refractivity contribution is 7.22. The fourth-order valence-electron chi connectivity index (χ4n) is 3.53. The molecular weight excluding hydrogens is 384 g/mol. The second-order valence-electron chi connectivity index (χ2n) is 7.22. The number of thiazole rings is 1. The summed E-state index contributed by atoms with van der Waals surface area (Å²) in [5.41, 5.74) is 2.39. The fraction of sp³-hybridized carbons (Fsp3) is 0.318. The highest BCUT2D eigenvalue weighted by atomic mass is 32.1. The maximum Gasteiger partial charge on any atom is 0.229 e. The van der Waals surface area contributed by atoms with E-state index in [1.54, 1.807) is 24.3 Å². The lowest BCUT2D eigenvalue weighted by Crippen LogP contribution is -2.40. The molecule has 0 radical (unpaired) electrons. The van der Waals surface area contributed by atoms with Gasteiger partial charge >= 0.3 is 0 Å². The molecule has 7 heteroatoms. The standard InChI is InChI=1S/C22H24N4O2S/c1-2-20(27)23-16-8-5-9-17(13-16)24-21(28)15-7-6-12-26(14-15)22-25-18-10-3-4-11-19(18)29-22/h3-5,8-11,13,15H,2,6-7,12,14H2,1H3,(H,23,27)(H,24,28)/t15-/m1/s1. The van der Waals surface area contributed by atoms with E-state index in [9.17, 15) is 9.59 Å². The first kappa shape index (κ1) is 19.4. The largest absolute Gasteiger partial charge is 0.347 e. The Morgan fingerprint density at radius 3 is 2.72 bits per heavy atom. The Balaban J connectivity index is 1.42. The van der Waals surface area contributed by atoms with Crippen LogP contribution in [-0.2, 0) is 9.59 Å². The van der Waals surface area contributed by atoms with E-state index in [1.165, 1.54) is 4.70 Å². The first-order valence-electron chi connectivity index (χ1n) is 9.93. The smallest absolute Gasteiger partial charge is 0.229 e. The van der Waals surface area contributed by atoms with Crippen molar-refractivity contribution in [2.24, 2.45) is 5.92 Å². The van der Waals surface area contributed by atoms with Crippen LogP contribution in [0.3, 0.4) is 0 Å². The molecule has 0 saturated carbocycles. The van der Waals surface area contributed by atoms with E-state index in [2.05, 4.69) is 21.6 Å². The van der Waals surface area contributed by atoms with Crippen LogP contribution in [0.1, 0.15) is 26.2 Å². The molecule has 150 valence electrons. The van der Waals surface area contributed by atoms with Crippen LogP contribution in [0.15, 0.2) is 48.5 Å². The number of rotatable bonds is 5. The third-order valence-corrected chi connectivity index (χ3v) is 6.18. The number of hydrogen-bond acceptors (Lipinski definition) is 5. The minimum atomic E-state index is -0.0929. The number of nitrogens with one attached hydrogen (secondary N) is 2. The second kappa shape index (κ2) is 8.61. The Morgan fingerprint density at radius 1 is 1.14 bits per heavy atom. The molecule has 3 aromatic rings. The quantitative estimate of drug-likeness (QED) is 0.652. The van der Waals surface area contributed by atoms with E-state index < -0.39 is 0 Å². The van der Waals surface area contributed by atoms with E-state index >= 15 is 0 Å². The van der Waals surface area contributed by atoms with Crippen LogP contribution in [0.4, 0.5) is 16.5 Å². The topological polar surface area (TPSA) is 74.3 Å². The molecule has 4 rings (SSSR count). The van der Waals surface area contributed by atoms with Crippen LogP contribution in [0.25, 0.3) is 10.2 Å². The lowest BCUT2D eigenvalue weighted by Gasteiger charge is -2.31. The van der Waals surface area contributed by atoms with Crippen molar-refractivity contribution in [1.82, 2.24) is 4.98 Å². The number of benzene rings is 2. The van der Waals surface area contributed by atoms with E-state index in [4.69, 9.17) is 4.98 Å². The number of carbonyl (C=O) groups excluding carboxylic acids is 2. The number of piperidine rings is 1. The van der Waals surface area contributed by atoms with Gasteiger partial charge in [0.05, 0.1) is 16.1 Å². The van der Waals surface area contributed by atoms with Crippen LogP contribution in [0.5, 0.6) is 0 Å². The molecule has 1 saturated heterocycles. The lowest BCUT2D eigenvalue weighted by molar-refractivity contribution is -0.120. The van der Waals surface area contributed by atoms with Crippen molar-refractivity contribution in [3.63, 3.8) is 0 Å². The highest BCUT2D eigenvalue weighted by Gasteiger charge is 2.27. The average molecular weight is 409 g/mol. The molecular formula is C22H24N4O2S. The summed E-state index contributed by atoms with van der Waals surface area (Å²) in [7, 11) is 0. The van der Waals surface area contributed by atoms with Crippen molar-refractivity contribution in [2.75, 3.05) is 28.6 Å². The molecule has 0 aliphatic carbocycles. The van der Waals surface area contributed by atoms with Gasteiger partial charge in [-0.05, 0) is 43.2 Å². The zero-order chi connectivity index (χ0) is 20.2. The van der Waals surface area contributed by atoms with Crippen molar-refractivity contribution >= 4 is 49.9 Å². The molecule has 1 aliphatic heterocycles. The van der Waals surface area contributed by atoms with Gasteiger partial charge in [-0.25, -0.2) is 4.98 Å². The first-order valence-corrected chi connectivity index (χ1v) is 10.8.